The molecule has 4 nitrogen and oxygen atoms in total. The number of hydrogen-bond donors (Lipinski definition) is 1. The van der Waals surface area contributed by atoms with Gasteiger partial charge in [-0.1, -0.05) is 6.07 Å². The zero-order valence-electron chi connectivity index (χ0n) is 10.2. The Morgan fingerprint density at radius 2 is 2.00 bits per heavy atom. The molecule has 1 aliphatic rings. The minimum absolute atomic E-state index is 0.234. The summed E-state index contributed by atoms with van der Waals surface area (Å²) in [5.41, 5.74) is 0.787. The molecular formula is C13H18O4. The predicted octanol–water partition coefficient (Wildman–Crippen LogP) is 1.92. The molecular weight excluding hydrogens is 220 g/mol. The van der Waals surface area contributed by atoms with E-state index in [4.69, 9.17) is 14.2 Å². The Morgan fingerprint density at radius 1 is 1.29 bits per heavy atom. The van der Waals surface area contributed by atoms with Gasteiger partial charge in [-0.25, -0.2) is 0 Å². The number of rotatable bonds is 4. The van der Waals surface area contributed by atoms with E-state index in [1.807, 2.05) is 32.0 Å². The normalized spacial score (nSPS) is 17.6. The first-order valence-corrected chi connectivity index (χ1v) is 5.91. The smallest absolute Gasteiger partial charge is 0.161 e. The molecule has 1 aromatic rings. The van der Waals surface area contributed by atoms with Crippen molar-refractivity contribution < 1.29 is 19.3 Å². The number of benzene rings is 1. The third-order valence-electron chi connectivity index (χ3n) is 2.78. The third-order valence-corrected chi connectivity index (χ3v) is 2.78. The number of aliphatic hydroxyl groups is 1. The second-order valence-electron chi connectivity index (χ2n) is 4.01. The molecule has 1 aromatic carbocycles. The lowest BCUT2D eigenvalue weighted by molar-refractivity contribution is -0.0229. The van der Waals surface area contributed by atoms with E-state index >= 15 is 0 Å². The number of aliphatic hydroxyl groups excluding tert-OH is 1. The van der Waals surface area contributed by atoms with Gasteiger partial charge >= 0.3 is 0 Å². The zero-order valence-corrected chi connectivity index (χ0v) is 10.2. The maximum Gasteiger partial charge on any atom is 0.161 e. The molecule has 1 heterocycles. The van der Waals surface area contributed by atoms with E-state index in [0.717, 1.165) is 11.3 Å². The first-order valence-electron chi connectivity index (χ1n) is 5.91. The third kappa shape index (κ3) is 2.70. The molecule has 0 saturated heterocycles. The van der Waals surface area contributed by atoms with Gasteiger partial charge in [-0.2, -0.15) is 0 Å². The maximum atomic E-state index is 10.1. The van der Waals surface area contributed by atoms with Crippen LogP contribution >= 0.6 is 0 Å². The molecule has 17 heavy (non-hydrogen) atoms. The van der Waals surface area contributed by atoms with Gasteiger partial charge in [-0.15, -0.1) is 0 Å². The van der Waals surface area contributed by atoms with E-state index in [1.165, 1.54) is 0 Å². The van der Waals surface area contributed by atoms with Crippen molar-refractivity contribution in [2.75, 3.05) is 19.8 Å². The van der Waals surface area contributed by atoms with E-state index in [9.17, 15) is 5.11 Å². The summed E-state index contributed by atoms with van der Waals surface area (Å²) in [6.45, 7) is 5.47. The van der Waals surface area contributed by atoms with Crippen molar-refractivity contribution in [2.24, 2.45) is 0 Å². The lowest BCUT2D eigenvalue weighted by Gasteiger charge is -2.22. The van der Waals surface area contributed by atoms with Crippen LogP contribution in [0.25, 0.3) is 0 Å². The van der Waals surface area contributed by atoms with Crippen LogP contribution in [0.4, 0.5) is 0 Å². The van der Waals surface area contributed by atoms with Crippen LogP contribution < -0.4 is 9.47 Å². The molecule has 0 fully saturated rings. The predicted molar refractivity (Wildman–Crippen MR) is 63.5 cm³/mol. The standard InChI is InChI=1S/C13H18O4/c1-3-15-9(2)13(14)10-4-5-11-12(8-10)17-7-6-16-11/h4-5,8-9,13-14H,3,6-7H2,1-2H3. The quantitative estimate of drug-likeness (QED) is 0.870. The Kier molecular flexibility index (Phi) is 3.86. The Hall–Kier alpha value is -1.26. The summed E-state index contributed by atoms with van der Waals surface area (Å²) < 4.78 is 16.3. The number of fused-ring (bicyclic) bond motifs is 1. The zero-order chi connectivity index (χ0) is 12.3. The highest BCUT2D eigenvalue weighted by Crippen LogP contribution is 2.33. The molecule has 0 bridgehead atoms. The average Bonchev–Trinajstić information content (AvgIpc) is 2.37. The van der Waals surface area contributed by atoms with Crippen LogP contribution in [0.5, 0.6) is 11.5 Å². The van der Waals surface area contributed by atoms with Crippen LogP contribution in [0.3, 0.4) is 0 Å². The van der Waals surface area contributed by atoms with Gasteiger partial charge in [0.15, 0.2) is 11.5 Å². The van der Waals surface area contributed by atoms with Gasteiger partial charge in [0.05, 0.1) is 6.10 Å². The minimum atomic E-state index is -0.647. The largest absolute Gasteiger partial charge is 0.486 e. The fourth-order valence-electron chi connectivity index (χ4n) is 1.87. The summed E-state index contributed by atoms with van der Waals surface area (Å²) in [6.07, 6.45) is -0.881. The fraction of sp³-hybridized carbons (Fsp3) is 0.538. The molecule has 0 saturated carbocycles. The lowest BCUT2D eigenvalue weighted by Crippen LogP contribution is -2.20. The topological polar surface area (TPSA) is 47.9 Å². The molecule has 0 spiro atoms. The van der Waals surface area contributed by atoms with Gasteiger partial charge in [0.25, 0.3) is 0 Å². The molecule has 2 unspecified atom stereocenters. The van der Waals surface area contributed by atoms with Crippen LogP contribution in [0.1, 0.15) is 25.5 Å². The summed E-state index contributed by atoms with van der Waals surface area (Å²) in [4.78, 5) is 0. The highest BCUT2D eigenvalue weighted by molar-refractivity contribution is 5.44. The van der Waals surface area contributed by atoms with E-state index in [0.29, 0.717) is 25.6 Å². The molecule has 2 atom stereocenters. The molecule has 1 N–H and O–H groups in total. The second-order valence-corrected chi connectivity index (χ2v) is 4.01. The number of ether oxygens (including phenoxy) is 3. The molecule has 94 valence electrons. The second kappa shape index (κ2) is 5.38. The van der Waals surface area contributed by atoms with Gasteiger partial charge in [0.2, 0.25) is 0 Å². The number of hydrogen-bond acceptors (Lipinski definition) is 4. The summed E-state index contributed by atoms with van der Waals surface area (Å²) in [7, 11) is 0. The first kappa shape index (κ1) is 12.2. The highest BCUT2D eigenvalue weighted by atomic mass is 16.6. The van der Waals surface area contributed by atoms with E-state index in [2.05, 4.69) is 0 Å². The first-order chi connectivity index (χ1) is 8.22. The van der Waals surface area contributed by atoms with E-state index < -0.39 is 6.10 Å². The van der Waals surface area contributed by atoms with Crippen LogP contribution in [0, 0.1) is 0 Å². The van der Waals surface area contributed by atoms with Gasteiger partial charge in [0, 0.05) is 6.61 Å². The van der Waals surface area contributed by atoms with Crippen molar-refractivity contribution in [2.45, 2.75) is 26.1 Å². The minimum Gasteiger partial charge on any atom is -0.486 e. The Labute approximate surface area is 101 Å². The summed E-state index contributed by atoms with van der Waals surface area (Å²) in [5.74, 6) is 1.42. The van der Waals surface area contributed by atoms with Crippen LogP contribution in [-0.4, -0.2) is 31.0 Å². The van der Waals surface area contributed by atoms with Crippen molar-refractivity contribution in [3.05, 3.63) is 23.8 Å². The van der Waals surface area contributed by atoms with Crippen LogP contribution in [0.2, 0.25) is 0 Å². The van der Waals surface area contributed by atoms with Gasteiger partial charge in [-0.3, -0.25) is 0 Å². The molecule has 0 amide bonds. The Bertz CT molecular complexity index is 378. The summed E-state index contributed by atoms with van der Waals surface area (Å²) in [6, 6.07) is 5.48. The van der Waals surface area contributed by atoms with Crippen molar-refractivity contribution in [3.63, 3.8) is 0 Å². The average molecular weight is 238 g/mol. The molecule has 0 aromatic heterocycles. The highest BCUT2D eigenvalue weighted by Gasteiger charge is 2.19. The lowest BCUT2D eigenvalue weighted by atomic mass is 10.0. The monoisotopic (exact) mass is 238 g/mol. The van der Waals surface area contributed by atoms with Crippen molar-refractivity contribution in [1.29, 1.82) is 0 Å². The SMILES string of the molecule is CCOC(C)C(O)c1ccc2c(c1)OCCO2. The van der Waals surface area contributed by atoms with E-state index in [1.54, 1.807) is 0 Å². The molecule has 4 heteroatoms. The Balaban J connectivity index is 2.15. The molecule has 0 radical (unpaired) electrons. The fourth-order valence-corrected chi connectivity index (χ4v) is 1.87. The molecule has 0 aliphatic carbocycles. The molecule has 2 rings (SSSR count). The van der Waals surface area contributed by atoms with Crippen molar-refractivity contribution in [1.82, 2.24) is 0 Å². The Morgan fingerprint density at radius 3 is 2.71 bits per heavy atom. The van der Waals surface area contributed by atoms with Gasteiger partial charge in [0.1, 0.15) is 19.3 Å². The van der Waals surface area contributed by atoms with Crippen LogP contribution in [-0.2, 0) is 4.74 Å². The summed E-state index contributed by atoms with van der Waals surface area (Å²) >= 11 is 0. The van der Waals surface area contributed by atoms with Gasteiger partial charge in [-0.05, 0) is 31.5 Å². The van der Waals surface area contributed by atoms with Crippen molar-refractivity contribution in [3.8, 4) is 11.5 Å². The van der Waals surface area contributed by atoms with Gasteiger partial charge < -0.3 is 19.3 Å². The molecule has 1 aliphatic heterocycles. The van der Waals surface area contributed by atoms with Crippen molar-refractivity contribution >= 4 is 0 Å². The van der Waals surface area contributed by atoms with Crippen LogP contribution in [0.15, 0.2) is 18.2 Å². The summed E-state index contributed by atoms with van der Waals surface area (Å²) in [5, 5.41) is 10.1. The maximum absolute atomic E-state index is 10.1. The van der Waals surface area contributed by atoms with E-state index in [-0.39, 0.29) is 6.10 Å².